The van der Waals surface area contributed by atoms with Crippen LogP contribution >= 0.6 is 0 Å². The third kappa shape index (κ3) is 3.43. The van der Waals surface area contributed by atoms with Crippen LogP contribution in [0.2, 0.25) is 0 Å². The maximum absolute atomic E-state index is 13.6. The molecule has 0 saturated carbocycles. The van der Waals surface area contributed by atoms with Crippen LogP contribution in [0.4, 0.5) is 4.39 Å². The lowest BCUT2D eigenvalue weighted by Crippen LogP contribution is -2.28. The van der Waals surface area contributed by atoms with E-state index in [4.69, 9.17) is 9.26 Å². The molecule has 1 amide bonds. The number of hydrogen-bond acceptors (Lipinski definition) is 4. The molecule has 1 saturated heterocycles. The van der Waals surface area contributed by atoms with Crippen LogP contribution in [-0.4, -0.2) is 36.2 Å². The number of amides is 1. The number of methoxy groups -OCH3 is 1. The molecule has 138 valence electrons. The van der Waals surface area contributed by atoms with Crippen molar-refractivity contribution >= 4 is 5.91 Å². The summed E-state index contributed by atoms with van der Waals surface area (Å²) in [6.45, 7) is 1.34. The molecule has 1 unspecified atom stereocenters. The molecule has 6 heteroatoms. The third-order valence-corrected chi connectivity index (χ3v) is 4.91. The smallest absolute Gasteiger partial charge is 0.292 e. The second-order valence-electron chi connectivity index (χ2n) is 6.57. The van der Waals surface area contributed by atoms with Gasteiger partial charge in [-0.3, -0.25) is 4.79 Å². The van der Waals surface area contributed by atoms with E-state index in [1.165, 1.54) is 24.8 Å². The molecule has 0 aliphatic carbocycles. The van der Waals surface area contributed by atoms with Crippen molar-refractivity contribution in [2.45, 2.75) is 12.3 Å². The lowest BCUT2D eigenvalue weighted by atomic mass is 9.99. The SMILES string of the molecule is COc1cc(-c2cc(C(=O)N3CCC(c4ccccc4)C3)on2)ccc1F. The van der Waals surface area contributed by atoms with Crippen molar-refractivity contribution in [2.75, 3.05) is 20.2 Å². The quantitative estimate of drug-likeness (QED) is 0.697. The fourth-order valence-electron chi connectivity index (χ4n) is 3.43. The Bertz CT molecular complexity index is 955. The maximum atomic E-state index is 13.6. The van der Waals surface area contributed by atoms with Crippen molar-refractivity contribution in [1.82, 2.24) is 10.1 Å². The van der Waals surface area contributed by atoms with Gasteiger partial charge in [-0.1, -0.05) is 35.5 Å². The predicted molar refractivity (Wildman–Crippen MR) is 98.2 cm³/mol. The summed E-state index contributed by atoms with van der Waals surface area (Å²) in [7, 11) is 1.40. The van der Waals surface area contributed by atoms with Gasteiger partial charge in [-0.15, -0.1) is 0 Å². The molecule has 1 fully saturated rings. The zero-order chi connectivity index (χ0) is 18.8. The van der Waals surface area contributed by atoms with Gasteiger partial charge in [0.05, 0.1) is 7.11 Å². The minimum absolute atomic E-state index is 0.119. The second kappa shape index (κ2) is 7.23. The fourth-order valence-corrected chi connectivity index (χ4v) is 3.43. The first-order valence-corrected chi connectivity index (χ1v) is 8.80. The van der Waals surface area contributed by atoms with Gasteiger partial charge in [-0.05, 0) is 30.2 Å². The number of carbonyl (C=O) groups is 1. The number of likely N-dealkylation sites (tertiary alicyclic amines) is 1. The van der Waals surface area contributed by atoms with Gasteiger partial charge in [-0.25, -0.2) is 4.39 Å². The summed E-state index contributed by atoms with van der Waals surface area (Å²) in [6.07, 6.45) is 0.923. The van der Waals surface area contributed by atoms with Crippen molar-refractivity contribution in [3.05, 3.63) is 71.7 Å². The van der Waals surface area contributed by atoms with Crippen LogP contribution in [0.1, 0.15) is 28.5 Å². The van der Waals surface area contributed by atoms with E-state index in [9.17, 15) is 9.18 Å². The van der Waals surface area contributed by atoms with Crippen LogP contribution in [-0.2, 0) is 0 Å². The van der Waals surface area contributed by atoms with E-state index < -0.39 is 5.82 Å². The Balaban J connectivity index is 1.49. The van der Waals surface area contributed by atoms with Gasteiger partial charge in [0.2, 0.25) is 5.76 Å². The predicted octanol–water partition coefficient (Wildman–Crippen LogP) is 4.12. The lowest BCUT2D eigenvalue weighted by molar-refractivity contribution is 0.0749. The van der Waals surface area contributed by atoms with Crippen LogP contribution in [0.15, 0.2) is 59.1 Å². The standard InChI is InChI=1S/C21H19FN2O3/c1-26-19-11-15(7-8-17(19)22)18-12-20(27-23-18)21(25)24-10-9-16(13-24)14-5-3-2-4-6-14/h2-8,11-12,16H,9-10,13H2,1H3. The average Bonchev–Trinajstić information content (AvgIpc) is 3.39. The zero-order valence-corrected chi connectivity index (χ0v) is 14.9. The number of benzene rings is 2. The van der Waals surface area contributed by atoms with Gasteiger partial charge in [0.25, 0.3) is 5.91 Å². The number of hydrogen-bond donors (Lipinski definition) is 0. The summed E-state index contributed by atoms with van der Waals surface area (Å²) in [6, 6.07) is 16.2. The molecule has 0 N–H and O–H groups in total. The zero-order valence-electron chi connectivity index (χ0n) is 14.9. The van der Waals surface area contributed by atoms with Gasteiger partial charge >= 0.3 is 0 Å². The maximum Gasteiger partial charge on any atom is 0.292 e. The highest BCUT2D eigenvalue weighted by Crippen LogP contribution is 2.30. The van der Waals surface area contributed by atoms with E-state index in [1.54, 1.807) is 17.0 Å². The highest BCUT2D eigenvalue weighted by atomic mass is 19.1. The Morgan fingerprint density at radius 1 is 1.22 bits per heavy atom. The van der Waals surface area contributed by atoms with Crippen molar-refractivity contribution in [3.63, 3.8) is 0 Å². The van der Waals surface area contributed by atoms with Crippen molar-refractivity contribution < 1.29 is 18.4 Å². The van der Waals surface area contributed by atoms with E-state index in [0.717, 1.165) is 6.42 Å². The van der Waals surface area contributed by atoms with E-state index in [2.05, 4.69) is 17.3 Å². The van der Waals surface area contributed by atoms with Crippen molar-refractivity contribution in [3.8, 4) is 17.0 Å². The molecule has 1 aliphatic heterocycles. The number of nitrogens with zero attached hydrogens (tertiary/aromatic N) is 2. The molecular weight excluding hydrogens is 347 g/mol. The van der Waals surface area contributed by atoms with Crippen LogP contribution in [0.3, 0.4) is 0 Å². The number of carbonyl (C=O) groups excluding carboxylic acids is 1. The molecule has 1 aliphatic rings. The van der Waals surface area contributed by atoms with Gasteiger partial charge in [0.15, 0.2) is 11.6 Å². The normalized spacial score (nSPS) is 16.5. The third-order valence-electron chi connectivity index (χ3n) is 4.91. The Morgan fingerprint density at radius 3 is 2.81 bits per heavy atom. The van der Waals surface area contributed by atoms with Crippen LogP contribution < -0.4 is 4.74 Å². The first-order chi connectivity index (χ1) is 13.2. The average molecular weight is 366 g/mol. The largest absolute Gasteiger partial charge is 0.494 e. The van der Waals surface area contributed by atoms with E-state index in [0.29, 0.717) is 30.3 Å². The first-order valence-electron chi connectivity index (χ1n) is 8.80. The highest BCUT2D eigenvalue weighted by Gasteiger charge is 2.30. The Kier molecular flexibility index (Phi) is 4.62. The van der Waals surface area contributed by atoms with Crippen molar-refractivity contribution in [1.29, 1.82) is 0 Å². The van der Waals surface area contributed by atoms with Gasteiger partial charge in [0, 0.05) is 30.6 Å². The van der Waals surface area contributed by atoms with Crippen molar-refractivity contribution in [2.24, 2.45) is 0 Å². The first kappa shape index (κ1) is 17.3. The van der Waals surface area contributed by atoms with Gasteiger partial charge < -0.3 is 14.2 Å². The Hall–Kier alpha value is -3.15. The lowest BCUT2D eigenvalue weighted by Gasteiger charge is -2.14. The van der Waals surface area contributed by atoms with Crippen LogP contribution in [0, 0.1) is 5.82 Å². The van der Waals surface area contributed by atoms with E-state index in [1.807, 2.05) is 18.2 Å². The molecule has 5 nitrogen and oxygen atoms in total. The summed E-state index contributed by atoms with van der Waals surface area (Å²) in [5.74, 6) is 0.000787. The number of halogens is 1. The van der Waals surface area contributed by atoms with Gasteiger partial charge in [-0.2, -0.15) is 0 Å². The Labute approximate surface area is 156 Å². The molecule has 2 aromatic carbocycles. The minimum Gasteiger partial charge on any atom is -0.494 e. The summed E-state index contributed by atoms with van der Waals surface area (Å²) in [5.41, 5.74) is 2.33. The highest BCUT2D eigenvalue weighted by molar-refractivity contribution is 5.92. The summed E-state index contributed by atoms with van der Waals surface area (Å²) >= 11 is 0. The molecule has 2 heterocycles. The monoisotopic (exact) mass is 366 g/mol. The number of rotatable bonds is 4. The summed E-state index contributed by atoms with van der Waals surface area (Å²) in [4.78, 5) is 14.5. The molecule has 4 rings (SSSR count). The van der Waals surface area contributed by atoms with E-state index in [-0.39, 0.29) is 17.4 Å². The Morgan fingerprint density at radius 2 is 2.04 bits per heavy atom. The topological polar surface area (TPSA) is 55.6 Å². The molecule has 0 radical (unpaired) electrons. The summed E-state index contributed by atoms with van der Waals surface area (Å²) in [5, 5.41) is 3.96. The molecule has 0 spiro atoms. The molecule has 27 heavy (non-hydrogen) atoms. The molecule has 1 aromatic heterocycles. The minimum atomic E-state index is -0.454. The van der Waals surface area contributed by atoms with Gasteiger partial charge in [0.1, 0.15) is 5.69 Å². The molecule has 0 bridgehead atoms. The fraction of sp³-hybridized carbons (Fsp3) is 0.238. The second-order valence-corrected chi connectivity index (χ2v) is 6.57. The number of ether oxygens (including phenoxy) is 1. The number of aromatic nitrogens is 1. The summed E-state index contributed by atoms with van der Waals surface area (Å²) < 4.78 is 23.8. The van der Waals surface area contributed by atoms with Crippen LogP contribution in [0.5, 0.6) is 5.75 Å². The van der Waals surface area contributed by atoms with E-state index >= 15 is 0 Å². The molecule has 1 atom stereocenters. The molecule has 3 aromatic rings. The molecular formula is C21H19FN2O3. The van der Waals surface area contributed by atoms with Crippen LogP contribution in [0.25, 0.3) is 11.3 Å².